The standard InChI is InChI=1S/C14H22N2O2/c1-14(2,18-4)9-13(17)16(3)12-7-5-11(10-15)6-8-12/h5-8H,9-10,15H2,1-4H3. The molecule has 0 bridgehead atoms. The first-order valence-electron chi connectivity index (χ1n) is 6.00. The van der Waals surface area contributed by atoms with Crippen LogP contribution in [-0.2, 0) is 16.1 Å². The Labute approximate surface area is 109 Å². The fraction of sp³-hybridized carbons (Fsp3) is 0.500. The summed E-state index contributed by atoms with van der Waals surface area (Å²) in [5.74, 6) is 0.0300. The van der Waals surface area contributed by atoms with Gasteiger partial charge in [0.15, 0.2) is 0 Å². The molecule has 1 rings (SSSR count). The molecule has 0 unspecified atom stereocenters. The number of carbonyl (C=O) groups is 1. The van der Waals surface area contributed by atoms with Crippen molar-refractivity contribution in [1.29, 1.82) is 0 Å². The summed E-state index contributed by atoms with van der Waals surface area (Å²) in [5.41, 5.74) is 7.02. The Bertz CT molecular complexity index is 399. The zero-order valence-corrected chi connectivity index (χ0v) is 11.6. The first-order chi connectivity index (χ1) is 8.39. The molecule has 0 heterocycles. The molecule has 4 heteroatoms. The molecule has 0 atom stereocenters. The summed E-state index contributed by atoms with van der Waals surface area (Å²) < 4.78 is 5.27. The number of benzene rings is 1. The maximum Gasteiger partial charge on any atom is 0.229 e. The van der Waals surface area contributed by atoms with Gasteiger partial charge in [-0.1, -0.05) is 12.1 Å². The average molecular weight is 250 g/mol. The summed E-state index contributed by atoms with van der Waals surface area (Å²) in [7, 11) is 3.38. The van der Waals surface area contributed by atoms with E-state index < -0.39 is 5.60 Å². The number of ether oxygens (including phenoxy) is 1. The van der Waals surface area contributed by atoms with E-state index in [2.05, 4.69) is 0 Å². The van der Waals surface area contributed by atoms with Crippen LogP contribution in [0.4, 0.5) is 5.69 Å². The molecule has 0 spiro atoms. The quantitative estimate of drug-likeness (QED) is 0.868. The van der Waals surface area contributed by atoms with E-state index in [1.807, 2.05) is 38.1 Å². The SMILES string of the molecule is COC(C)(C)CC(=O)N(C)c1ccc(CN)cc1. The Kier molecular flexibility index (Phi) is 4.87. The van der Waals surface area contributed by atoms with Gasteiger partial charge in [-0.05, 0) is 31.5 Å². The third kappa shape index (κ3) is 3.82. The highest BCUT2D eigenvalue weighted by Crippen LogP contribution is 2.19. The Balaban J connectivity index is 2.73. The fourth-order valence-corrected chi connectivity index (χ4v) is 1.55. The molecule has 0 saturated carbocycles. The lowest BCUT2D eigenvalue weighted by atomic mass is 10.0. The van der Waals surface area contributed by atoms with Crippen molar-refractivity contribution in [2.24, 2.45) is 5.73 Å². The summed E-state index contributed by atoms with van der Waals surface area (Å²) in [5, 5.41) is 0. The molecule has 0 saturated heterocycles. The number of hydrogen-bond donors (Lipinski definition) is 1. The maximum absolute atomic E-state index is 12.1. The van der Waals surface area contributed by atoms with Crippen LogP contribution in [0.15, 0.2) is 24.3 Å². The molecule has 18 heavy (non-hydrogen) atoms. The Morgan fingerprint density at radius 2 is 1.89 bits per heavy atom. The minimum absolute atomic E-state index is 0.0300. The lowest BCUT2D eigenvalue weighted by Crippen LogP contribution is -2.35. The number of nitrogens with two attached hydrogens (primary N) is 1. The van der Waals surface area contributed by atoms with Crippen LogP contribution in [0.2, 0.25) is 0 Å². The van der Waals surface area contributed by atoms with Gasteiger partial charge in [-0.2, -0.15) is 0 Å². The lowest BCUT2D eigenvalue weighted by Gasteiger charge is -2.25. The number of nitrogens with zero attached hydrogens (tertiary/aromatic N) is 1. The van der Waals surface area contributed by atoms with E-state index >= 15 is 0 Å². The molecule has 0 aliphatic rings. The molecular formula is C14H22N2O2. The molecule has 4 nitrogen and oxygen atoms in total. The maximum atomic E-state index is 12.1. The van der Waals surface area contributed by atoms with Crippen molar-refractivity contribution in [1.82, 2.24) is 0 Å². The number of hydrogen-bond acceptors (Lipinski definition) is 3. The number of methoxy groups -OCH3 is 1. The summed E-state index contributed by atoms with van der Waals surface area (Å²) in [6, 6.07) is 7.67. The van der Waals surface area contributed by atoms with Gasteiger partial charge < -0.3 is 15.4 Å². The van der Waals surface area contributed by atoms with Crippen molar-refractivity contribution in [3.63, 3.8) is 0 Å². The molecule has 100 valence electrons. The number of carbonyl (C=O) groups excluding carboxylic acids is 1. The van der Waals surface area contributed by atoms with Crippen molar-refractivity contribution in [3.8, 4) is 0 Å². The minimum atomic E-state index is -0.442. The van der Waals surface area contributed by atoms with Crippen LogP contribution in [0.3, 0.4) is 0 Å². The van der Waals surface area contributed by atoms with Gasteiger partial charge in [0.1, 0.15) is 0 Å². The van der Waals surface area contributed by atoms with E-state index in [1.54, 1.807) is 19.1 Å². The zero-order chi connectivity index (χ0) is 13.8. The van der Waals surface area contributed by atoms with E-state index in [1.165, 1.54) is 0 Å². The second-order valence-electron chi connectivity index (χ2n) is 4.96. The first kappa shape index (κ1) is 14.7. The predicted octanol–water partition coefficient (Wildman–Crippen LogP) is 1.92. The van der Waals surface area contributed by atoms with E-state index in [4.69, 9.17) is 10.5 Å². The summed E-state index contributed by atoms with van der Waals surface area (Å²) >= 11 is 0. The van der Waals surface area contributed by atoms with Gasteiger partial charge in [-0.15, -0.1) is 0 Å². The van der Waals surface area contributed by atoms with E-state index in [0.717, 1.165) is 11.3 Å². The Hall–Kier alpha value is -1.39. The summed E-state index contributed by atoms with van der Waals surface area (Å²) in [4.78, 5) is 13.7. The van der Waals surface area contributed by atoms with Crippen molar-refractivity contribution in [3.05, 3.63) is 29.8 Å². The van der Waals surface area contributed by atoms with E-state index in [-0.39, 0.29) is 5.91 Å². The third-order valence-electron chi connectivity index (χ3n) is 3.06. The van der Waals surface area contributed by atoms with Crippen molar-refractivity contribution in [2.75, 3.05) is 19.1 Å². The minimum Gasteiger partial charge on any atom is -0.378 e. The molecule has 0 radical (unpaired) electrons. The number of amides is 1. The van der Waals surface area contributed by atoms with Gasteiger partial charge >= 0.3 is 0 Å². The van der Waals surface area contributed by atoms with Crippen LogP contribution in [0.5, 0.6) is 0 Å². The van der Waals surface area contributed by atoms with Crippen molar-refractivity contribution < 1.29 is 9.53 Å². The second kappa shape index (κ2) is 5.98. The molecule has 1 aromatic carbocycles. The van der Waals surface area contributed by atoms with Crippen LogP contribution in [0.1, 0.15) is 25.8 Å². The smallest absolute Gasteiger partial charge is 0.229 e. The Morgan fingerprint density at radius 3 is 2.33 bits per heavy atom. The van der Waals surface area contributed by atoms with Crippen molar-refractivity contribution in [2.45, 2.75) is 32.4 Å². The van der Waals surface area contributed by atoms with Gasteiger partial charge in [0.05, 0.1) is 12.0 Å². The van der Waals surface area contributed by atoms with Gasteiger partial charge in [-0.25, -0.2) is 0 Å². The molecule has 1 amide bonds. The van der Waals surface area contributed by atoms with E-state index in [0.29, 0.717) is 13.0 Å². The van der Waals surface area contributed by atoms with Gasteiger partial charge in [0.25, 0.3) is 0 Å². The third-order valence-corrected chi connectivity index (χ3v) is 3.06. The predicted molar refractivity (Wildman–Crippen MR) is 73.4 cm³/mol. The molecule has 0 fully saturated rings. The highest BCUT2D eigenvalue weighted by molar-refractivity contribution is 5.93. The molecular weight excluding hydrogens is 228 g/mol. The lowest BCUT2D eigenvalue weighted by molar-refractivity contribution is -0.123. The van der Waals surface area contributed by atoms with Crippen LogP contribution < -0.4 is 10.6 Å². The van der Waals surface area contributed by atoms with Crippen LogP contribution >= 0.6 is 0 Å². The van der Waals surface area contributed by atoms with Crippen LogP contribution in [0.25, 0.3) is 0 Å². The van der Waals surface area contributed by atoms with Crippen LogP contribution in [0, 0.1) is 0 Å². The van der Waals surface area contributed by atoms with Crippen LogP contribution in [-0.4, -0.2) is 25.7 Å². The number of anilines is 1. The van der Waals surface area contributed by atoms with Gasteiger partial charge in [0, 0.05) is 26.4 Å². The highest BCUT2D eigenvalue weighted by Gasteiger charge is 2.23. The molecule has 1 aromatic rings. The van der Waals surface area contributed by atoms with Gasteiger partial charge in [0.2, 0.25) is 5.91 Å². The Morgan fingerprint density at radius 1 is 1.33 bits per heavy atom. The molecule has 0 aliphatic heterocycles. The summed E-state index contributed by atoms with van der Waals surface area (Å²) in [6.45, 7) is 4.31. The molecule has 0 aromatic heterocycles. The zero-order valence-electron chi connectivity index (χ0n) is 11.6. The van der Waals surface area contributed by atoms with Crippen molar-refractivity contribution >= 4 is 11.6 Å². The largest absolute Gasteiger partial charge is 0.378 e. The fourth-order valence-electron chi connectivity index (χ4n) is 1.55. The topological polar surface area (TPSA) is 55.6 Å². The highest BCUT2D eigenvalue weighted by atomic mass is 16.5. The molecule has 2 N–H and O–H groups in total. The molecule has 0 aliphatic carbocycles. The average Bonchev–Trinajstić information content (AvgIpc) is 2.37. The van der Waals surface area contributed by atoms with Gasteiger partial charge in [-0.3, -0.25) is 4.79 Å². The van der Waals surface area contributed by atoms with E-state index in [9.17, 15) is 4.79 Å². The monoisotopic (exact) mass is 250 g/mol. The first-order valence-corrected chi connectivity index (χ1v) is 6.00. The normalized spacial score (nSPS) is 11.4. The number of rotatable bonds is 5. The second-order valence-corrected chi connectivity index (χ2v) is 4.96. The summed E-state index contributed by atoms with van der Waals surface area (Å²) in [6.07, 6.45) is 0.346.